The van der Waals surface area contributed by atoms with Gasteiger partial charge in [0, 0.05) is 30.4 Å². The maximum atomic E-state index is 12.9. The van der Waals surface area contributed by atoms with Gasteiger partial charge in [0.25, 0.3) is 0 Å². The van der Waals surface area contributed by atoms with Crippen molar-refractivity contribution in [1.82, 2.24) is 14.8 Å². The second-order valence-electron chi connectivity index (χ2n) is 6.75. The molecule has 4 rings (SSSR count). The van der Waals surface area contributed by atoms with Crippen LogP contribution >= 0.6 is 0 Å². The lowest BCUT2D eigenvalue weighted by Gasteiger charge is -2.21. The molecule has 8 heteroatoms. The molecule has 1 N–H and O–H groups in total. The van der Waals surface area contributed by atoms with Crippen LogP contribution in [-0.4, -0.2) is 33.1 Å². The number of rotatable bonds is 2. The van der Waals surface area contributed by atoms with Crippen molar-refractivity contribution in [2.75, 3.05) is 13.2 Å². The Morgan fingerprint density at radius 2 is 1.93 bits per heavy atom. The molecule has 1 fully saturated rings. The SMILES string of the molecule is Cc1cc(C(F)(F)F)cc(O)c1-c1ccc2cn(C3CCOCC3)nc2n1. The van der Waals surface area contributed by atoms with Crippen molar-refractivity contribution in [1.29, 1.82) is 0 Å². The van der Waals surface area contributed by atoms with E-state index in [0.717, 1.165) is 30.4 Å². The second kappa shape index (κ2) is 6.53. The van der Waals surface area contributed by atoms with Crippen LogP contribution in [0.4, 0.5) is 13.2 Å². The molecule has 0 bridgehead atoms. The molecule has 142 valence electrons. The van der Waals surface area contributed by atoms with Crippen LogP contribution in [-0.2, 0) is 10.9 Å². The summed E-state index contributed by atoms with van der Waals surface area (Å²) in [7, 11) is 0. The number of halogens is 3. The van der Waals surface area contributed by atoms with E-state index in [4.69, 9.17) is 4.74 Å². The van der Waals surface area contributed by atoms with Crippen molar-refractivity contribution in [3.05, 3.63) is 41.6 Å². The molecule has 1 aromatic carbocycles. The van der Waals surface area contributed by atoms with E-state index < -0.39 is 17.5 Å². The topological polar surface area (TPSA) is 60.2 Å². The number of aromatic hydroxyl groups is 1. The van der Waals surface area contributed by atoms with E-state index in [1.54, 1.807) is 6.07 Å². The Morgan fingerprint density at radius 3 is 2.59 bits per heavy atom. The number of phenols is 1. The Morgan fingerprint density at radius 1 is 1.19 bits per heavy atom. The summed E-state index contributed by atoms with van der Waals surface area (Å²) in [6.07, 6.45) is -0.846. The smallest absolute Gasteiger partial charge is 0.416 e. The quantitative estimate of drug-likeness (QED) is 0.715. The van der Waals surface area contributed by atoms with Gasteiger partial charge in [0.15, 0.2) is 5.65 Å². The number of hydrogen-bond donors (Lipinski definition) is 1. The maximum Gasteiger partial charge on any atom is 0.416 e. The Balaban J connectivity index is 1.74. The monoisotopic (exact) mass is 377 g/mol. The minimum absolute atomic E-state index is 0.248. The maximum absolute atomic E-state index is 12.9. The largest absolute Gasteiger partial charge is 0.507 e. The zero-order valence-electron chi connectivity index (χ0n) is 14.6. The number of ether oxygens (including phenoxy) is 1. The molecule has 2 aromatic heterocycles. The average molecular weight is 377 g/mol. The number of pyridine rings is 1. The summed E-state index contributed by atoms with van der Waals surface area (Å²) < 4.78 is 46.0. The van der Waals surface area contributed by atoms with Crippen LogP contribution in [0.15, 0.2) is 30.5 Å². The van der Waals surface area contributed by atoms with E-state index in [1.807, 2.05) is 16.9 Å². The molecule has 0 radical (unpaired) electrons. The van der Waals surface area contributed by atoms with Crippen LogP contribution in [0.25, 0.3) is 22.3 Å². The van der Waals surface area contributed by atoms with Crippen LogP contribution in [0.5, 0.6) is 5.75 Å². The molecular formula is C19H18F3N3O2. The lowest BCUT2D eigenvalue weighted by atomic mass is 10.00. The van der Waals surface area contributed by atoms with E-state index in [1.165, 1.54) is 6.92 Å². The summed E-state index contributed by atoms with van der Waals surface area (Å²) in [4.78, 5) is 4.47. The third-order valence-electron chi connectivity index (χ3n) is 4.85. The molecule has 0 saturated carbocycles. The lowest BCUT2D eigenvalue weighted by Crippen LogP contribution is -2.19. The molecular weight excluding hydrogens is 359 g/mol. The number of hydrogen-bond acceptors (Lipinski definition) is 4. The number of aromatic nitrogens is 3. The fraction of sp³-hybridized carbons (Fsp3) is 0.368. The number of aryl methyl sites for hydroxylation is 1. The van der Waals surface area contributed by atoms with Gasteiger partial charge in [0.05, 0.1) is 17.3 Å². The van der Waals surface area contributed by atoms with E-state index in [9.17, 15) is 18.3 Å². The summed E-state index contributed by atoms with van der Waals surface area (Å²) in [5, 5.41) is 15.6. The Hall–Kier alpha value is -2.61. The summed E-state index contributed by atoms with van der Waals surface area (Å²) in [6.45, 7) is 2.91. The van der Waals surface area contributed by atoms with E-state index in [2.05, 4.69) is 10.1 Å². The first-order valence-electron chi connectivity index (χ1n) is 8.68. The van der Waals surface area contributed by atoms with E-state index >= 15 is 0 Å². The molecule has 5 nitrogen and oxygen atoms in total. The molecule has 3 heterocycles. The normalized spacial score (nSPS) is 16.1. The van der Waals surface area contributed by atoms with Crippen LogP contribution in [0.1, 0.15) is 30.0 Å². The molecule has 0 spiro atoms. The summed E-state index contributed by atoms with van der Waals surface area (Å²) in [5.41, 5.74) is 0.593. The first-order valence-corrected chi connectivity index (χ1v) is 8.68. The van der Waals surface area contributed by atoms with Gasteiger partial charge in [-0.15, -0.1) is 0 Å². The Kier molecular flexibility index (Phi) is 4.30. The first-order chi connectivity index (χ1) is 12.8. The molecule has 0 unspecified atom stereocenters. The molecule has 1 aliphatic rings. The van der Waals surface area contributed by atoms with Crippen LogP contribution in [0.2, 0.25) is 0 Å². The summed E-state index contributed by atoms with van der Waals surface area (Å²) in [5.74, 6) is -0.446. The highest BCUT2D eigenvalue weighted by atomic mass is 19.4. The number of fused-ring (bicyclic) bond motifs is 1. The molecule has 27 heavy (non-hydrogen) atoms. The van der Waals surface area contributed by atoms with Gasteiger partial charge < -0.3 is 9.84 Å². The fourth-order valence-electron chi connectivity index (χ4n) is 3.46. The highest BCUT2D eigenvalue weighted by Gasteiger charge is 2.32. The first kappa shape index (κ1) is 17.8. The van der Waals surface area contributed by atoms with E-state index in [-0.39, 0.29) is 11.6 Å². The fourth-order valence-corrected chi connectivity index (χ4v) is 3.46. The molecule has 0 atom stereocenters. The van der Waals surface area contributed by atoms with Gasteiger partial charge in [0.1, 0.15) is 5.75 Å². The van der Waals surface area contributed by atoms with Gasteiger partial charge in [-0.05, 0) is 49.6 Å². The van der Waals surface area contributed by atoms with Gasteiger partial charge in [-0.3, -0.25) is 4.68 Å². The third-order valence-corrected chi connectivity index (χ3v) is 4.85. The van der Waals surface area contributed by atoms with Gasteiger partial charge in [-0.25, -0.2) is 4.98 Å². The molecule has 0 amide bonds. The minimum Gasteiger partial charge on any atom is -0.507 e. The van der Waals surface area contributed by atoms with Gasteiger partial charge in [0.2, 0.25) is 0 Å². The van der Waals surface area contributed by atoms with Crippen molar-refractivity contribution < 1.29 is 23.0 Å². The van der Waals surface area contributed by atoms with Crippen molar-refractivity contribution in [2.24, 2.45) is 0 Å². The lowest BCUT2D eigenvalue weighted by molar-refractivity contribution is -0.137. The highest BCUT2D eigenvalue weighted by Crippen LogP contribution is 2.38. The summed E-state index contributed by atoms with van der Waals surface area (Å²) >= 11 is 0. The van der Waals surface area contributed by atoms with Gasteiger partial charge >= 0.3 is 6.18 Å². The van der Waals surface area contributed by atoms with Crippen LogP contribution in [0, 0.1) is 6.92 Å². The zero-order chi connectivity index (χ0) is 19.2. The zero-order valence-corrected chi connectivity index (χ0v) is 14.6. The van der Waals surface area contributed by atoms with Gasteiger partial charge in [-0.2, -0.15) is 18.3 Å². The standard InChI is InChI=1S/C19H18F3N3O2/c1-11-8-13(19(20,21)22)9-16(26)17(11)15-3-2-12-10-25(24-18(12)23-15)14-4-6-27-7-5-14/h2-3,8-10,14,26H,4-7H2,1H3. The summed E-state index contributed by atoms with van der Waals surface area (Å²) in [6, 6.07) is 5.50. The number of benzene rings is 1. The third kappa shape index (κ3) is 3.37. The van der Waals surface area contributed by atoms with E-state index in [0.29, 0.717) is 30.1 Å². The highest BCUT2D eigenvalue weighted by molar-refractivity contribution is 5.80. The number of alkyl halides is 3. The van der Waals surface area contributed by atoms with Crippen LogP contribution < -0.4 is 0 Å². The number of nitrogens with zero attached hydrogens (tertiary/aromatic N) is 3. The second-order valence-corrected chi connectivity index (χ2v) is 6.75. The van der Waals surface area contributed by atoms with Crippen molar-refractivity contribution >= 4 is 11.0 Å². The van der Waals surface area contributed by atoms with Crippen molar-refractivity contribution in [3.63, 3.8) is 0 Å². The van der Waals surface area contributed by atoms with Gasteiger partial charge in [-0.1, -0.05) is 0 Å². The average Bonchev–Trinajstić information content (AvgIpc) is 3.04. The minimum atomic E-state index is -4.51. The van der Waals surface area contributed by atoms with Crippen molar-refractivity contribution in [2.45, 2.75) is 32.0 Å². The predicted octanol–water partition coefficient (Wildman–Crippen LogP) is 4.48. The molecule has 0 aliphatic carbocycles. The Bertz CT molecular complexity index is 969. The van der Waals surface area contributed by atoms with Crippen LogP contribution in [0.3, 0.4) is 0 Å². The Labute approximate surface area is 153 Å². The van der Waals surface area contributed by atoms with Crippen molar-refractivity contribution in [3.8, 4) is 17.0 Å². The molecule has 1 saturated heterocycles. The molecule has 1 aliphatic heterocycles. The number of phenolic OH excluding ortho intramolecular Hbond substituents is 1. The molecule has 3 aromatic rings. The predicted molar refractivity (Wildman–Crippen MR) is 93.5 cm³/mol.